The highest BCUT2D eigenvalue weighted by atomic mass is 32.1. The van der Waals surface area contributed by atoms with Crippen LogP contribution in [0.15, 0.2) is 6.07 Å². The number of thiophene rings is 1. The Kier molecular flexibility index (Phi) is 4.40. The van der Waals surface area contributed by atoms with Crippen molar-refractivity contribution in [2.45, 2.75) is 39.2 Å². The quantitative estimate of drug-likeness (QED) is 0.839. The van der Waals surface area contributed by atoms with E-state index in [0.29, 0.717) is 6.10 Å². The van der Waals surface area contributed by atoms with Gasteiger partial charge in [-0.2, -0.15) is 0 Å². The van der Waals surface area contributed by atoms with Gasteiger partial charge in [0.05, 0.1) is 11.7 Å². The summed E-state index contributed by atoms with van der Waals surface area (Å²) in [6.45, 7) is 5.71. The normalized spacial score (nSPS) is 19.2. The lowest BCUT2D eigenvalue weighted by atomic mass is 10.1. The van der Waals surface area contributed by atoms with Gasteiger partial charge < -0.3 is 9.64 Å². The molecule has 1 aliphatic heterocycles. The van der Waals surface area contributed by atoms with E-state index < -0.39 is 0 Å². The van der Waals surface area contributed by atoms with Gasteiger partial charge in [0.25, 0.3) is 5.91 Å². The largest absolute Gasteiger partial charge is 0.378 e. The number of aryl methyl sites for hydroxylation is 2. The van der Waals surface area contributed by atoms with E-state index >= 15 is 0 Å². The molecular formula is C14H21NO2S. The van der Waals surface area contributed by atoms with Gasteiger partial charge in [0, 0.05) is 30.0 Å². The number of rotatable bonds is 4. The van der Waals surface area contributed by atoms with Crippen LogP contribution >= 0.6 is 11.3 Å². The van der Waals surface area contributed by atoms with Gasteiger partial charge in [-0.3, -0.25) is 4.79 Å². The molecule has 1 aromatic rings. The zero-order chi connectivity index (χ0) is 13.1. The minimum absolute atomic E-state index is 0.134. The van der Waals surface area contributed by atoms with Gasteiger partial charge in [-0.1, -0.05) is 0 Å². The summed E-state index contributed by atoms with van der Waals surface area (Å²) in [6.07, 6.45) is 3.60. The summed E-state index contributed by atoms with van der Waals surface area (Å²) < 4.78 is 5.58. The molecule has 0 aliphatic carbocycles. The second kappa shape index (κ2) is 5.85. The minimum Gasteiger partial charge on any atom is -0.378 e. The van der Waals surface area contributed by atoms with Crippen LogP contribution in [-0.2, 0) is 4.74 Å². The van der Waals surface area contributed by atoms with Crippen molar-refractivity contribution >= 4 is 17.2 Å². The van der Waals surface area contributed by atoms with Crippen LogP contribution in [0.3, 0.4) is 0 Å². The van der Waals surface area contributed by atoms with Gasteiger partial charge >= 0.3 is 0 Å². The monoisotopic (exact) mass is 267 g/mol. The van der Waals surface area contributed by atoms with Crippen molar-refractivity contribution in [3.8, 4) is 0 Å². The first-order valence-electron chi connectivity index (χ1n) is 6.52. The molecule has 4 heteroatoms. The summed E-state index contributed by atoms with van der Waals surface area (Å²) in [5.74, 6) is 0.134. The number of hydrogen-bond acceptors (Lipinski definition) is 3. The molecule has 1 aromatic heterocycles. The maximum Gasteiger partial charge on any atom is 0.254 e. The standard InChI is InChI=1S/C14H21NO2S/c1-10-9-13(11(2)18-10)14(16)15(3)7-6-12-5-4-8-17-12/h9,12H,4-8H2,1-3H3. The highest BCUT2D eigenvalue weighted by Gasteiger charge is 2.19. The van der Waals surface area contributed by atoms with Gasteiger partial charge in [-0.25, -0.2) is 0 Å². The molecule has 2 heterocycles. The second-order valence-corrected chi connectivity index (χ2v) is 6.44. The Labute approximate surface area is 113 Å². The Morgan fingerprint density at radius 3 is 2.89 bits per heavy atom. The van der Waals surface area contributed by atoms with Crippen LogP contribution in [0, 0.1) is 13.8 Å². The number of ether oxygens (including phenoxy) is 1. The van der Waals surface area contributed by atoms with E-state index in [1.807, 2.05) is 31.9 Å². The van der Waals surface area contributed by atoms with Gasteiger partial charge in [0.15, 0.2) is 0 Å². The Morgan fingerprint density at radius 2 is 2.33 bits per heavy atom. The Morgan fingerprint density at radius 1 is 1.56 bits per heavy atom. The average molecular weight is 267 g/mol. The van der Waals surface area contributed by atoms with E-state index in [4.69, 9.17) is 4.74 Å². The highest BCUT2D eigenvalue weighted by molar-refractivity contribution is 7.12. The number of carbonyl (C=O) groups is 1. The molecule has 0 aromatic carbocycles. The van der Waals surface area contributed by atoms with E-state index in [0.717, 1.165) is 42.9 Å². The molecule has 1 amide bonds. The van der Waals surface area contributed by atoms with Crippen LogP contribution in [0.1, 0.15) is 39.4 Å². The lowest BCUT2D eigenvalue weighted by molar-refractivity contribution is 0.0715. The predicted molar refractivity (Wildman–Crippen MR) is 74.3 cm³/mol. The van der Waals surface area contributed by atoms with Gasteiger partial charge in [0.1, 0.15) is 0 Å². The fourth-order valence-electron chi connectivity index (χ4n) is 2.36. The van der Waals surface area contributed by atoms with Crippen LogP contribution in [0.25, 0.3) is 0 Å². The van der Waals surface area contributed by atoms with Crippen molar-refractivity contribution in [2.75, 3.05) is 20.2 Å². The molecule has 1 fully saturated rings. The molecule has 18 heavy (non-hydrogen) atoms. The molecule has 1 atom stereocenters. The molecule has 0 saturated carbocycles. The van der Waals surface area contributed by atoms with E-state index in [1.165, 1.54) is 4.88 Å². The molecule has 1 unspecified atom stereocenters. The first-order chi connectivity index (χ1) is 8.58. The summed E-state index contributed by atoms with van der Waals surface area (Å²) in [7, 11) is 1.88. The summed E-state index contributed by atoms with van der Waals surface area (Å²) in [6, 6.07) is 1.99. The molecule has 100 valence electrons. The number of hydrogen-bond donors (Lipinski definition) is 0. The topological polar surface area (TPSA) is 29.5 Å². The molecule has 1 aliphatic rings. The predicted octanol–water partition coefficient (Wildman–Crippen LogP) is 3.01. The first kappa shape index (κ1) is 13.6. The van der Waals surface area contributed by atoms with Gasteiger partial charge in [0.2, 0.25) is 0 Å². The van der Waals surface area contributed by atoms with Crippen molar-refractivity contribution in [2.24, 2.45) is 0 Å². The molecule has 1 saturated heterocycles. The SMILES string of the molecule is Cc1cc(C(=O)N(C)CCC2CCCO2)c(C)s1. The second-order valence-electron chi connectivity index (χ2n) is 4.98. The molecule has 0 spiro atoms. The molecule has 2 rings (SSSR count). The maximum absolute atomic E-state index is 12.3. The Bertz CT molecular complexity index is 421. The molecule has 0 bridgehead atoms. The summed E-state index contributed by atoms with van der Waals surface area (Å²) in [5, 5.41) is 0. The minimum atomic E-state index is 0.134. The van der Waals surface area contributed by atoms with E-state index in [9.17, 15) is 4.79 Å². The molecule has 0 radical (unpaired) electrons. The van der Waals surface area contributed by atoms with Gasteiger partial charge in [-0.05, 0) is 39.2 Å². The van der Waals surface area contributed by atoms with Crippen LogP contribution in [0.2, 0.25) is 0 Å². The van der Waals surface area contributed by atoms with E-state index in [1.54, 1.807) is 11.3 Å². The highest BCUT2D eigenvalue weighted by Crippen LogP contribution is 2.22. The summed E-state index contributed by atoms with van der Waals surface area (Å²) in [5.41, 5.74) is 0.854. The Hall–Kier alpha value is -0.870. The molecular weight excluding hydrogens is 246 g/mol. The van der Waals surface area contributed by atoms with E-state index in [-0.39, 0.29) is 5.91 Å². The summed E-state index contributed by atoms with van der Waals surface area (Å²) in [4.78, 5) is 16.4. The van der Waals surface area contributed by atoms with Crippen LogP contribution in [0.5, 0.6) is 0 Å². The zero-order valence-corrected chi connectivity index (χ0v) is 12.2. The Balaban J connectivity index is 1.89. The molecule has 0 N–H and O–H groups in total. The summed E-state index contributed by atoms with van der Waals surface area (Å²) >= 11 is 1.69. The maximum atomic E-state index is 12.3. The van der Waals surface area contributed by atoms with Gasteiger partial charge in [-0.15, -0.1) is 11.3 Å². The fourth-order valence-corrected chi connectivity index (χ4v) is 3.28. The van der Waals surface area contributed by atoms with Crippen molar-refractivity contribution in [3.63, 3.8) is 0 Å². The number of carbonyl (C=O) groups excluding carboxylic acids is 1. The number of amides is 1. The third kappa shape index (κ3) is 3.12. The number of nitrogens with zero attached hydrogens (tertiary/aromatic N) is 1. The van der Waals surface area contributed by atoms with Crippen molar-refractivity contribution in [1.29, 1.82) is 0 Å². The smallest absolute Gasteiger partial charge is 0.254 e. The van der Waals surface area contributed by atoms with Crippen LogP contribution in [-0.4, -0.2) is 37.1 Å². The average Bonchev–Trinajstić information content (AvgIpc) is 2.94. The van der Waals surface area contributed by atoms with Crippen molar-refractivity contribution < 1.29 is 9.53 Å². The third-order valence-electron chi connectivity index (χ3n) is 3.43. The lowest BCUT2D eigenvalue weighted by Gasteiger charge is -2.19. The van der Waals surface area contributed by atoms with E-state index in [2.05, 4.69) is 0 Å². The van der Waals surface area contributed by atoms with Crippen molar-refractivity contribution in [3.05, 3.63) is 21.4 Å². The van der Waals surface area contributed by atoms with Crippen LogP contribution in [0.4, 0.5) is 0 Å². The fraction of sp³-hybridized carbons (Fsp3) is 0.643. The lowest BCUT2D eigenvalue weighted by Crippen LogP contribution is -2.29. The zero-order valence-electron chi connectivity index (χ0n) is 11.4. The molecule has 3 nitrogen and oxygen atoms in total. The first-order valence-corrected chi connectivity index (χ1v) is 7.33. The van der Waals surface area contributed by atoms with Crippen molar-refractivity contribution in [1.82, 2.24) is 4.90 Å². The third-order valence-corrected chi connectivity index (χ3v) is 4.39. The van der Waals surface area contributed by atoms with Crippen LogP contribution < -0.4 is 0 Å².